The Hall–Kier alpha value is -3.30. The first-order valence-electron chi connectivity index (χ1n) is 4.95. The van der Waals surface area contributed by atoms with Crippen molar-refractivity contribution in [2.45, 2.75) is 0 Å². The molecule has 0 unspecified atom stereocenters. The van der Waals surface area contributed by atoms with E-state index in [-0.39, 0.29) is 17.6 Å². The Balaban J connectivity index is 3.00. The van der Waals surface area contributed by atoms with Gasteiger partial charge in [0, 0.05) is 17.8 Å². The number of anilines is 1. The zero-order chi connectivity index (χ0) is 15.3. The Morgan fingerprint density at radius 3 is 2.40 bits per heavy atom. The largest absolute Gasteiger partial charge is 0.477 e. The molecule has 0 spiro atoms. The Morgan fingerprint density at radius 1 is 1.25 bits per heavy atom. The van der Waals surface area contributed by atoms with Crippen LogP contribution in [0, 0.1) is 20.2 Å². The van der Waals surface area contributed by atoms with Gasteiger partial charge in [-0.1, -0.05) is 6.07 Å². The number of carboxylic acid groups (broad SMARTS) is 1. The van der Waals surface area contributed by atoms with Crippen LogP contribution in [0.5, 0.6) is 0 Å². The molecule has 1 aromatic carbocycles. The standard InChI is InChI=1S/C10H7N3O7/c14-9(8(10(15)16)5-12(17)18)11-6-2-1-3-7(4-6)13(19)20/h1-5H,(H,11,14)(H,15,16)/b8-5-. The molecule has 20 heavy (non-hydrogen) atoms. The van der Waals surface area contributed by atoms with Gasteiger partial charge >= 0.3 is 5.97 Å². The van der Waals surface area contributed by atoms with E-state index in [1.807, 2.05) is 5.32 Å². The molecule has 0 saturated heterocycles. The molecule has 2 N–H and O–H groups in total. The number of nitrogens with one attached hydrogen (secondary N) is 1. The number of nitro benzene ring substituents is 1. The molecule has 0 aliphatic rings. The molecule has 0 aliphatic heterocycles. The lowest BCUT2D eigenvalue weighted by atomic mass is 10.2. The van der Waals surface area contributed by atoms with Gasteiger partial charge in [0.2, 0.25) is 0 Å². The SMILES string of the molecule is O=C(O)/C(=C\[N+](=O)[O-])C(=O)Nc1cccc([N+](=O)[O-])c1. The third-order valence-electron chi connectivity index (χ3n) is 2.02. The van der Waals surface area contributed by atoms with Crippen molar-refractivity contribution in [2.75, 3.05) is 5.32 Å². The molecule has 1 amide bonds. The molecule has 1 rings (SSSR count). The number of hydrogen-bond donors (Lipinski definition) is 2. The van der Waals surface area contributed by atoms with E-state index in [4.69, 9.17) is 5.11 Å². The molecule has 0 heterocycles. The number of nitro groups is 2. The monoisotopic (exact) mass is 281 g/mol. The summed E-state index contributed by atoms with van der Waals surface area (Å²) in [6.45, 7) is 0. The van der Waals surface area contributed by atoms with Crippen molar-refractivity contribution >= 4 is 23.3 Å². The van der Waals surface area contributed by atoms with E-state index in [1.54, 1.807) is 0 Å². The van der Waals surface area contributed by atoms with Crippen LogP contribution in [0.3, 0.4) is 0 Å². The number of aliphatic carboxylic acids is 1. The van der Waals surface area contributed by atoms with Crippen LogP contribution in [0.1, 0.15) is 0 Å². The van der Waals surface area contributed by atoms with E-state index >= 15 is 0 Å². The van der Waals surface area contributed by atoms with Gasteiger partial charge in [0.25, 0.3) is 17.8 Å². The first-order valence-corrected chi connectivity index (χ1v) is 4.95. The molecule has 10 heteroatoms. The fraction of sp³-hybridized carbons (Fsp3) is 0. The lowest BCUT2D eigenvalue weighted by molar-refractivity contribution is -0.403. The van der Waals surface area contributed by atoms with Crippen molar-refractivity contribution in [1.82, 2.24) is 0 Å². The van der Waals surface area contributed by atoms with Gasteiger partial charge in [-0.2, -0.15) is 0 Å². The maximum atomic E-state index is 11.5. The molecular weight excluding hydrogens is 274 g/mol. The van der Waals surface area contributed by atoms with E-state index < -0.39 is 27.3 Å². The lowest BCUT2D eigenvalue weighted by Crippen LogP contribution is -2.21. The zero-order valence-corrected chi connectivity index (χ0v) is 9.68. The number of non-ortho nitro benzene ring substituents is 1. The third-order valence-corrected chi connectivity index (χ3v) is 2.02. The molecule has 0 atom stereocenters. The summed E-state index contributed by atoms with van der Waals surface area (Å²) in [5, 5.41) is 31.4. The summed E-state index contributed by atoms with van der Waals surface area (Å²) >= 11 is 0. The van der Waals surface area contributed by atoms with Crippen LogP contribution in [-0.2, 0) is 9.59 Å². The average Bonchev–Trinajstić information content (AvgIpc) is 2.35. The maximum absolute atomic E-state index is 11.5. The summed E-state index contributed by atoms with van der Waals surface area (Å²) < 4.78 is 0. The molecule has 0 aliphatic carbocycles. The van der Waals surface area contributed by atoms with E-state index in [1.165, 1.54) is 18.2 Å². The van der Waals surface area contributed by atoms with E-state index in [2.05, 4.69) is 0 Å². The summed E-state index contributed by atoms with van der Waals surface area (Å²) in [6, 6.07) is 4.70. The number of amides is 1. The molecule has 0 saturated carbocycles. The van der Waals surface area contributed by atoms with Crippen molar-refractivity contribution in [3.8, 4) is 0 Å². The Bertz CT molecular complexity index is 623. The molecule has 0 fully saturated rings. The lowest BCUT2D eigenvalue weighted by Gasteiger charge is -2.03. The zero-order valence-electron chi connectivity index (χ0n) is 9.68. The molecule has 0 bridgehead atoms. The molecule has 10 nitrogen and oxygen atoms in total. The number of benzene rings is 1. The fourth-order valence-electron chi connectivity index (χ4n) is 1.21. The second-order valence-electron chi connectivity index (χ2n) is 3.39. The number of carboxylic acids is 1. The van der Waals surface area contributed by atoms with Crippen LogP contribution >= 0.6 is 0 Å². The van der Waals surface area contributed by atoms with Crippen LogP contribution < -0.4 is 5.32 Å². The molecule has 104 valence electrons. The van der Waals surface area contributed by atoms with Gasteiger partial charge < -0.3 is 10.4 Å². The van der Waals surface area contributed by atoms with Gasteiger partial charge in [-0.05, 0) is 6.07 Å². The summed E-state index contributed by atoms with van der Waals surface area (Å²) in [4.78, 5) is 41.2. The van der Waals surface area contributed by atoms with Gasteiger partial charge in [-0.25, -0.2) is 4.79 Å². The fourth-order valence-corrected chi connectivity index (χ4v) is 1.21. The summed E-state index contributed by atoms with van der Waals surface area (Å²) in [6.07, 6.45) is 0.0367. The van der Waals surface area contributed by atoms with Crippen LogP contribution in [0.2, 0.25) is 0 Å². The van der Waals surface area contributed by atoms with E-state index in [9.17, 15) is 29.8 Å². The average molecular weight is 281 g/mol. The van der Waals surface area contributed by atoms with Gasteiger partial charge in [-0.3, -0.25) is 25.0 Å². The highest BCUT2D eigenvalue weighted by Crippen LogP contribution is 2.17. The Kier molecular flexibility index (Phi) is 4.46. The topological polar surface area (TPSA) is 153 Å². The number of carbonyl (C=O) groups is 2. The van der Waals surface area contributed by atoms with Crippen LogP contribution in [0.4, 0.5) is 11.4 Å². The minimum Gasteiger partial charge on any atom is -0.477 e. The highest BCUT2D eigenvalue weighted by molar-refractivity contribution is 6.20. The highest BCUT2D eigenvalue weighted by atomic mass is 16.6. The van der Waals surface area contributed by atoms with Crippen LogP contribution in [0.25, 0.3) is 0 Å². The second-order valence-corrected chi connectivity index (χ2v) is 3.39. The Labute approximate surface area is 110 Å². The van der Waals surface area contributed by atoms with Crippen molar-refractivity contribution in [3.63, 3.8) is 0 Å². The first kappa shape index (κ1) is 14.8. The molecule has 1 aromatic rings. The van der Waals surface area contributed by atoms with Crippen LogP contribution in [-0.4, -0.2) is 26.8 Å². The van der Waals surface area contributed by atoms with Crippen molar-refractivity contribution in [3.05, 3.63) is 56.3 Å². The molecular formula is C10H7N3O7. The van der Waals surface area contributed by atoms with Gasteiger partial charge in [-0.15, -0.1) is 0 Å². The first-order chi connectivity index (χ1) is 9.31. The number of hydrogen-bond acceptors (Lipinski definition) is 6. The summed E-state index contributed by atoms with van der Waals surface area (Å²) in [7, 11) is 0. The van der Waals surface area contributed by atoms with E-state index in [0.29, 0.717) is 0 Å². The summed E-state index contributed by atoms with van der Waals surface area (Å²) in [5.74, 6) is -3.04. The highest BCUT2D eigenvalue weighted by Gasteiger charge is 2.22. The third kappa shape index (κ3) is 3.87. The van der Waals surface area contributed by atoms with Gasteiger partial charge in [0.05, 0.1) is 9.85 Å². The smallest absolute Gasteiger partial charge is 0.347 e. The van der Waals surface area contributed by atoms with Crippen molar-refractivity contribution < 1.29 is 24.5 Å². The minimum absolute atomic E-state index is 0.0367. The Morgan fingerprint density at radius 2 is 1.90 bits per heavy atom. The predicted molar refractivity (Wildman–Crippen MR) is 64.4 cm³/mol. The maximum Gasteiger partial charge on any atom is 0.347 e. The van der Waals surface area contributed by atoms with Crippen LogP contribution in [0.15, 0.2) is 36.0 Å². The quantitative estimate of drug-likeness (QED) is 0.266. The van der Waals surface area contributed by atoms with Gasteiger partial charge in [0.1, 0.15) is 0 Å². The van der Waals surface area contributed by atoms with E-state index in [0.717, 1.165) is 6.07 Å². The predicted octanol–water partition coefficient (Wildman–Crippen LogP) is 0.778. The molecule has 0 aromatic heterocycles. The molecule has 0 radical (unpaired) electrons. The van der Waals surface area contributed by atoms with Crippen molar-refractivity contribution in [2.24, 2.45) is 0 Å². The number of nitrogens with zero attached hydrogens (tertiary/aromatic N) is 2. The van der Waals surface area contributed by atoms with Gasteiger partial charge in [0.15, 0.2) is 5.57 Å². The number of carbonyl (C=O) groups excluding carboxylic acids is 1. The minimum atomic E-state index is -1.79. The normalized spacial score (nSPS) is 10.7. The summed E-state index contributed by atoms with van der Waals surface area (Å²) in [5.41, 5.74) is -1.47. The second kappa shape index (κ2) is 6.04. The van der Waals surface area contributed by atoms with Crippen molar-refractivity contribution in [1.29, 1.82) is 0 Å². The number of rotatable bonds is 5.